The fraction of sp³-hybridized carbons (Fsp3) is 1.00. The van der Waals surface area contributed by atoms with Crippen molar-refractivity contribution in [2.75, 3.05) is 0 Å². The Bertz CT molecular complexity index is 159. The summed E-state index contributed by atoms with van der Waals surface area (Å²) in [6.45, 7) is 11.6. The van der Waals surface area contributed by atoms with Gasteiger partial charge in [0, 0.05) is 0 Å². The third kappa shape index (κ3) is 7.14. The zero-order valence-electron chi connectivity index (χ0n) is 10.3. The maximum absolute atomic E-state index is 9.89. The van der Waals surface area contributed by atoms with E-state index in [1.165, 1.54) is 0 Å². The zero-order valence-corrected chi connectivity index (χ0v) is 14.7. The molecule has 1 atom stereocenters. The average Bonchev–Trinajstić information content (AvgIpc) is 1.95. The van der Waals surface area contributed by atoms with Gasteiger partial charge in [-0.15, -0.1) is 0 Å². The SMILES string of the molecule is C[CH2][Tl]([CH2]C)[O]C(C)(O)OC(C)(C)C. The van der Waals surface area contributed by atoms with Gasteiger partial charge in [-0.05, 0) is 0 Å². The van der Waals surface area contributed by atoms with Crippen molar-refractivity contribution in [1.29, 1.82) is 0 Å². The van der Waals surface area contributed by atoms with E-state index >= 15 is 0 Å². The van der Waals surface area contributed by atoms with E-state index in [-0.39, 0.29) is 5.60 Å². The van der Waals surface area contributed by atoms with Gasteiger partial charge in [-0.25, -0.2) is 0 Å². The molecular weight excluding hydrogens is 372 g/mol. The molecule has 84 valence electrons. The molecule has 0 radical (unpaired) electrons. The molecule has 0 aliphatic rings. The van der Waals surface area contributed by atoms with Gasteiger partial charge in [-0.3, -0.25) is 0 Å². The first-order valence-electron chi connectivity index (χ1n) is 5.30. The minimum atomic E-state index is -2.08. The molecule has 0 heterocycles. The van der Waals surface area contributed by atoms with Crippen LogP contribution in [0.2, 0.25) is 7.96 Å². The van der Waals surface area contributed by atoms with E-state index in [1.807, 2.05) is 20.8 Å². The van der Waals surface area contributed by atoms with Crippen molar-refractivity contribution in [2.45, 2.75) is 61.1 Å². The van der Waals surface area contributed by atoms with Crippen LogP contribution in [0.3, 0.4) is 0 Å². The van der Waals surface area contributed by atoms with Crippen LogP contribution in [0.25, 0.3) is 0 Å². The van der Waals surface area contributed by atoms with Gasteiger partial charge in [0.1, 0.15) is 0 Å². The molecule has 0 saturated heterocycles. The molecule has 0 aromatic carbocycles. The van der Waals surface area contributed by atoms with Gasteiger partial charge in [0.15, 0.2) is 0 Å². The molecule has 0 aromatic rings. The molecule has 0 amide bonds. The first-order valence-corrected chi connectivity index (χ1v) is 13.5. The van der Waals surface area contributed by atoms with Crippen molar-refractivity contribution in [3.63, 3.8) is 0 Å². The number of aliphatic hydroxyl groups is 1. The molecule has 0 fully saturated rings. The van der Waals surface area contributed by atoms with Gasteiger partial charge in [-0.2, -0.15) is 0 Å². The Balaban J connectivity index is 4.18. The van der Waals surface area contributed by atoms with Crippen LogP contribution in [0.15, 0.2) is 0 Å². The van der Waals surface area contributed by atoms with Crippen LogP contribution in [0.5, 0.6) is 0 Å². The van der Waals surface area contributed by atoms with E-state index in [9.17, 15) is 5.11 Å². The molecule has 0 aliphatic carbocycles. The second kappa shape index (κ2) is 5.77. The van der Waals surface area contributed by atoms with E-state index < -0.39 is 29.1 Å². The van der Waals surface area contributed by atoms with Crippen LogP contribution >= 0.6 is 0 Å². The first-order chi connectivity index (χ1) is 6.20. The molecule has 0 aromatic heterocycles. The second-order valence-electron chi connectivity index (χ2n) is 4.67. The molecule has 1 unspecified atom stereocenters. The maximum atomic E-state index is 9.89. The van der Waals surface area contributed by atoms with Gasteiger partial charge in [0.2, 0.25) is 0 Å². The van der Waals surface area contributed by atoms with Crippen molar-refractivity contribution >= 4 is 23.2 Å². The molecule has 0 bridgehead atoms. The molecule has 0 rings (SSSR count). The second-order valence-corrected chi connectivity index (χ2v) is 16.8. The van der Waals surface area contributed by atoms with Gasteiger partial charge in [0.05, 0.1) is 0 Å². The average molecular weight is 396 g/mol. The van der Waals surface area contributed by atoms with Crippen molar-refractivity contribution in [2.24, 2.45) is 0 Å². The molecule has 14 heavy (non-hydrogen) atoms. The summed E-state index contributed by atoms with van der Waals surface area (Å²) in [5.74, 6) is -1.39. The predicted octanol–water partition coefficient (Wildman–Crippen LogP) is 2.52. The molecule has 3 nitrogen and oxygen atoms in total. The van der Waals surface area contributed by atoms with Crippen LogP contribution in [0.1, 0.15) is 41.5 Å². The number of rotatable bonds is 5. The summed E-state index contributed by atoms with van der Waals surface area (Å²) in [4.78, 5) is 0. The molecule has 4 heteroatoms. The van der Waals surface area contributed by atoms with Crippen molar-refractivity contribution in [3.05, 3.63) is 0 Å². The third-order valence-electron chi connectivity index (χ3n) is 1.79. The van der Waals surface area contributed by atoms with Gasteiger partial charge >= 0.3 is 96.8 Å². The summed E-state index contributed by atoms with van der Waals surface area (Å²) < 4.78 is 13.3. The minimum absolute atomic E-state index is 0.372. The molecule has 0 aliphatic heterocycles. The summed E-state index contributed by atoms with van der Waals surface area (Å²) in [7, 11) is 0. The third-order valence-corrected chi connectivity index (χ3v) is 11.9. The monoisotopic (exact) mass is 396 g/mol. The van der Waals surface area contributed by atoms with E-state index in [0.717, 1.165) is 7.96 Å². The number of ether oxygens (including phenoxy) is 1. The molecule has 0 spiro atoms. The Morgan fingerprint density at radius 1 is 1.07 bits per heavy atom. The predicted molar refractivity (Wildman–Crippen MR) is 59.3 cm³/mol. The topological polar surface area (TPSA) is 38.7 Å². The van der Waals surface area contributed by atoms with Crippen LogP contribution < -0.4 is 0 Å². The molecule has 0 saturated carbocycles. The van der Waals surface area contributed by atoms with E-state index in [4.69, 9.17) is 7.42 Å². The van der Waals surface area contributed by atoms with Gasteiger partial charge in [-0.1, -0.05) is 0 Å². The number of hydrogen-bond donors (Lipinski definition) is 1. The van der Waals surface area contributed by atoms with Gasteiger partial charge in [0.25, 0.3) is 0 Å². The van der Waals surface area contributed by atoms with Crippen LogP contribution in [0.4, 0.5) is 0 Å². The van der Waals surface area contributed by atoms with Crippen molar-refractivity contribution < 1.29 is 12.5 Å². The van der Waals surface area contributed by atoms with E-state index in [0.29, 0.717) is 0 Å². The molecule has 1 N–H and O–H groups in total. The Morgan fingerprint density at radius 3 is 1.79 bits per heavy atom. The summed E-state index contributed by atoms with van der Waals surface area (Å²) in [6.07, 6.45) is 0. The summed E-state index contributed by atoms with van der Waals surface area (Å²) >= 11 is -2.08. The fourth-order valence-electron chi connectivity index (χ4n) is 1.36. The van der Waals surface area contributed by atoms with Gasteiger partial charge < -0.3 is 0 Å². The summed E-state index contributed by atoms with van der Waals surface area (Å²) in [5.41, 5.74) is -0.372. The van der Waals surface area contributed by atoms with Crippen LogP contribution in [0, 0.1) is 0 Å². The van der Waals surface area contributed by atoms with E-state index in [1.54, 1.807) is 6.92 Å². The normalized spacial score (nSPS) is 16.5. The Kier molecular flexibility index (Phi) is 6.10. The zero-order chi connectivity index (χ0) is 11.4. The standard InChI is InChI=1S/C6H13O3.2C2H5.Tl/c1-5(2,3)9-6(4,7)8;2*1-2;/h7H,1-4H3;2*1H2,2H3;/q-1;;;+1. The number of hydrogen-bond acceptors (Lipinski definition) is 3. The first kappa shape index (κ1) is 14.8. The van der Waals surface area contributed by atoms with Crippen molar-refractivity contribution in [3.8, 4) is 0 Å². The Morgan fingerprint density at radius 2 is 1.50 bits per heavy atom. The summed E-state index contributed by atoms with van der Waals surface area (Å²) in [5, 5.41) is 9.89. The van der Waals surface area contributed by atoms with E-state index in [2.05, 4.69) is 13.8 Å². The fourth-order valence-corrected chi connectivity index (χ4v) is 7.49. The van der Waals surface area contributed by atoms with Crippen LogP contribution in [-0.4, -0.2) is 39.8 Å². The Hall–Kier alpha value is 0.802. The quantitative estimate of drug-likeness (QED) is 0.574. The van der Waals surface area contributed by atoms with Crippen molar-refractivity contribution in [1.82, 2.24) is 0 Å². The Labute approximate surface area is 96.6 Å². The molecular formula is C10H23O3Tl. The van der Waals surface area contributed by atoms with Crippen LogP contribution in [-0.2, 0) is 7.42 Å². The summed E-state index contributed by atoms with van der Waals surface area (Å²) in [6, 6.07) is 0.